The third-order valence-corrected chi connectivity index (χ3v) is 5.86. The molecule has 0 N–H and O–H groups in total. The van der Waals surface area contributed by atoms with E-state index in [0.717, 1.165) is 28.7 Å². The number of piperidine rings is 1. The van der Waals surface area contributed by atoms with Crippen molar-refractivity contribution in [3.8, 4) is 10.6 Å². The van der Waals surface area contributed by atoms with Crippen molar-refractivity contribution in [1.29, 1.82) is 0 Å². The van der Waals surface area contributed by atoms with Crippen molar-refractivity contribution in [3.05, 3.63) is 41.0 Å². The zero-order valence-electron chi connectivity index (χ0n) is 14.5. The number of rotatable bonds is 3. The standard InChI is InChI=1S/C18H17ClF2N4OS/c1-11-5-2-3-7-24(11)17(26)13-10-16-22-12(14-6-4-8-27-14)9-15(18(19,20)21)25(16)23-13/h4,6,8-11H,2-3,5,7H2,1H3/t11-/m0/s1. The molecule has 142 valence electrons. The molecule has 1 aliphatic rings. The predicted octanol–water partition coefficient (Wildman–Crippen LogP) is 4.76. The van der Waals surface area contributed by atoms with E-state index in [1.54, 1.807) is 11.0 Å². The van der Waals surface area contributed by atoms with Gasteiger partial charge in [0.1, 0.15) is 5.69 Å². The summed E-state index contributed by atoms with van der Waals surface area (Å²) in [6, 6.07) is 6.37. The van der Waals surface area contributed by atoms with Crippen LogP contribution in [0.3, 0.4) is 0 Å². The number of fused-ring (bicyclic) bond motifs is 1. The summed E-state index contributed by atoms with van der Waals surface area (Å²) in [4.78, 5) is 19.7. The van der Waals surface area contributed by atoms with Crippen LogP contribution in [0.1, 0.15) is 42.4 Å². The second-order valence-corrected chi connectivity index (χ2v) is 8.07. The summed E-state index contributed by atoms with van der Waals surface area (Å²) in [5, 5.41) is 2.31. The van der Waals surface area contributed by atoms with Gasteiger partial charge in [0.2, 0.25) is 0 Å². The van der Waals surface area contributed by atoms with Gasteiger partial charge in [0.15, 0.2) is 11.3 Å². The molecule has 1 aliphatic heterocycles. The third-order valence-electron chi connectivity index (χ3n) is 4.77. The van der Waals surface area contributed by atoms with Gasteiger partial charge in [0.05, 0.1) is 10.6 Å². The molecule has 0 aliphatic carbocycles. The van der Waals surface area contributed by atoms with Gasteiger partial charge in [-0.3, -0.25) is 4.79 Å². The number of alkyl halides is 3. The Labute approximate surface area is 163 Å². The summed E-state index contributed by atoms with van der Waals surface area (Å²) in [5.41, 5.74) is 0.132. The van der Waals surface area contributed by atoms with Gasteiger partial charge < -0.3 is 4.90 Å². The number of likely N-dealkylation sites (tertiary alicyclic amines) is 1. The summed E-state index contributed by atoms with van der Waals surface area (Å²) in [5.74, 6) is -0.269. The fourth-order valence-electron chi connectivity index (χ4n) is 3.38. The lowest BCUT2D eigenvalue weighted by atomic mass is 10.0. The first-order valence-electron chi connectivity index (χ1n) is 8.67. The van der Waals surface area contributed by atoms with Crippen LogP contribution in [0.25, 0.3) is 16.2 Å². The van der Waals surface area contributed by atoms with Gasteiger partial charge >= 0.3 is 5.38 Å². The molecule has 0 saturated carbocycles. The maximum atomic E-state index is 14.0. The Balaban J connectivity index is 1.82. The number of aromatic nitrogens is 3. The fraction of sp³-hybridized carbons (Fsp3) is 0.389. The highest BCUT2D eigenvalue weighted by molar-refractivity contribution is 7.13. The van der Waals surface area contributed by atoms with E-state index in [2.05, 4.69) is 10.1 Å². The Kier molecular flexibility index (Phi) is 4.63. The van der Waals surface area contributed by atoms with Crippen LogP contribution in [-0.4, -0.2) is 38.0 Å². The molecule has 1 atom stereocenters. The van der Waals surface area contributed by atoms with E-state index in [1.165, 1.54) is 23.5 Å². The molecule has 0 aromatic carbocycles. The number of carbonyl (C=O) groups is 1. The van der Waals surface area contributed by atoms with E-state index >= 15 is 0 Å². The second-order valence-electron chi connectivity index (χ2n) is 6.64. The van der Waals surface area contributed by atoms with Crippen molar-refractivity contribution in [1.82, 2.24) is 19.5 Å². The van der Waals surface area contributed by atoms with Gasteiger partial charge in [-0.05, 0) is 55.3 Å². The van der Waals surface area contributed by atoms with Crippen molar-refractivity contribution < 1.29 is 13.6 Å². The summed E-state index contributed by atoms with van der Waals surface area (Å²) < 4.78 is 29.0. The second kappa shape index (κ2) is 6.83. The van der Waals surface area contributed by atoms with Gasteiger partial charge in [-0.25, -0.2) is 9.50 Å². The minimum absolute atomic E-state index is 0.0969. The van der Waals surface area contributed by atoms with Crippen LogP contribution >= 0.6 is 22.9 Å². The van der Waals surface area contributed by atoms with Crippen molar-refractivity contribution in [2.75, 3.05) is 6.54 Å². The number of nitrogens with zero attached hydrogens (tertiary/aromatic N) is 4. The summed E-state index contributed by atoms with van der Waals surface area (Å²) in [7, 11) is 0. The lowest BCUT2D eigenvalue weighted by Crippen LogP contribution is -2.42. The number of thiophene rings is 1. The number of hydrogen-bond donors (Lipinski definition) is 0. The topological polar surface area (TPSA) is 50.5 Å². The Hall–Kier alpha value is -2.06. The molecule has 4 rings (SSSR count). The van der Waals surface area contributed by atoms with Crippen molar-refractivity contribution in [3.63, 3.8) is 0 Å². The molecule has 5 nitrogen and oxygen atoms in total. The van der Waals surface area contributed by atoms with E-state index in [9.17, 15) is 13.6 Å². The minimum Gasteiger partial charge on any atom is -0.335 e. The molecule has 1 amide bonds. The van der Waals surface area contributed by atoms with Crippen molar-refractivity contribution >= 4 is 34.5 Å². The van der Waals surface area contributed by atoms with E-state index in [1.807, 2.05) is 18.4 Å². The maximum absolute atomic E-state index is 14.0. The average molecular weight is 411 g/mol. The smallest absolute Gasteiger partial charge is 0.335 e. The lowest BCUT2D eigenvalue weighted by Gasteiger charge is -2.32. The van der Waals surface area contributed by atoms with Crippen LogP contribution in [0.4, 0.5) is 8.78 Å². The molecule has 0 radical (unpaired) electrons. The van der Waals surface area contributed by atoms with Crippen LogP contribution < -0.4 is 0 Å². The van der Waals surface area contributed by atoms with E-state index in [0.29, 0.717) is 12.2 Å². The zero-order valence-corrected chi connectivity index (χ0v) is 16.1. The van der Waals surface area contributed by atoms with Crippen LogP contribution in [0.5, 0.6) is 0 Å². The van der Waals surface area contributed by atoms with Gasteiger partial charge in [-0.2, -0.15) is 13.9 Å². The van der Waals surface area contributed by atoms with E-state index in [-0.39, 0.29) is 23.3 Å². The van der Waals surface area contributed by atoms with Gasteiger partial charge in [-0.15, -0.1) is 11.3 Å². The molecule has 0 unspecified atom stereocenters. The molecule has 4 heterocycles. The summed E-state index contributed by atoms with van der Waals surface area (Å²) in [6.07, 6.45) is 2.92. The largest absolute Gasteiger partial charge is 0.364 e. The fourth-order valence-corrected chi connectivity index (χ4v) is 4.20. The SMILES string of the molecule is C[C@H]1CCCCN1C(=O)c1cc2nc(-c3cccs3)cc(C(F)(F)Cl)n2n1. The highest BCUT2D eigenvalue weighted by Crippen LogP contribution is 2.35. The van der Waals surface area contributed by atoms with E-state index in [4.69, 9.17) is 11.6 Å². The molecular formula is C18H17ClF2N4OS. The first-order chi connectivity index (χ1) is 12.8. The average Bonchev–Trinajstić information content (AvgIpc) is 3.29. The Morgan fingerprint density at radius 2 is 2.19 bits per heavy atom. The highest BCUT2D eigenvalue weighted by Gasteiger charge is 2.34. The molecular weight excluding hydrogens is 394 g/mol. The zero-order chi connectivity index (χ0) is 19.2. The number of carbonyl (C=O) groups excluding carboxylic acids is 1. The first-order valence-corrected chi connectivity index (χ1v) is 9.93. The molecule has 27 heavy (non-hydrogen) atoms. The van der Waals surface area contributed by atoms with Gasteiger partial charge in [0.25, 0.3) is 5.91 Å². The molecule has 0 bridgehead atoms. The normalized spacial score (nSPS) is 18.2. The highest BCUT2D eigenvalue weighted by atomic mass is 35.5. The molecule has 1 saturated heterocycles. The molecule has 0 spiro atoms. The van der Waals surface area contributed by atoms with Crippen molar-refractivity contribution in [2.45, 2.75) is 37.6 Å². The van der Waals surface area contributed by atoms with Crippen LogP contribution in [-0.2, 0) is 5.38 Å². The third kappa shape index (κ3) is 3.43. The molecule has 1 fully saturated rings. The monoisotopic (exact) mass is 410 g/mol. The Bertz CT molecular complexity index is 983. The van der Waals surface area contributed by atoms with Gasteiger partial charge in [0, 0.05) is 18.7 Å². The molecule has 9 heteroatoms. The number of hydrogen-bond acceptors (Lipinski definition) is 4. The summed E-state index contributed by atoms with van der Waals surface area (Å²) >= 11 is 6.70. The molecule has 3 aromatic heterocycles. The summed E-state index contributed by atoms with van der Waals surface area (Å²) in [6.45, 7) is 2.62. The number of amides is 1. The minimum atomic E-state index is -3.64. The Morgan fingerprint density at radius 1 is 1.37 bits per heavy atom. The number of halogens is 3. The first kappa shape index (κ1) is 18.3. The quantitative estimate of drug-likeness (QED) is 0.585. The lowest BCUT2D eigenvalue weighted by molar-refractivity contribution is 0.0626. The van der Waals surface area contributed by atoms with Crippen molar-refractivity contribution in [2.24, 2.45) is 0 Å². The van der Waals surface area contributed by atoms with E-state index < -0.39 is 11.1 Å². The van der Waals surface area contributed by atoms with Crippen LogP contribution in [0.15, 0.2) is 29.6 Å². The predicted molar refractivity (Wildman–Crippen MR) is 100 cm³/mol. The van der Waals surface area contributed by atoms with Gasteiger partial charge in [-0.1, -0.05) is 6.07 Å². The van der Waals surface area contributed by atoms with Crippen LogP contribution in [0, 0.1) is 0 Å². The molecule has 3 aromatic rings. The van der Waals surface area contributed by atoms with Crippen LogP contribution in [0.2, 0.25) is 0 Å². The Morgan fingerprint density at radius 3 is 2.85 bits per heavy atom. The maximum Gasteiger partial charge on any atom is 0.364 e.